The molecule has 5 rings (SSSR count). The van der Waals surface area contributed by atoms with Crippen LogP contribution in [0, 0.1) is 19.7 Å². The van der Waals surface area contributed by atoms with Gasteiger partial charge in [-0.1, -0.05) is 37.3 Å². The number of hydrogen-bond donors (Lipinski definition) is 0. The molecule has 2 aliphatic rings. The lowest BCUT2D eigenvalue weighted by molar-refractivity contribution is -0.137. The van der Waals surface area contributed by atoms with Crippen LogP contribution < -0.4 is 9.80 Å². The van der Waals surface area contributed by atoms with Crippen molar-refractivity contribution in [3.63, 3.8) is 0 Å². The lowest BCUT2D eigenvalue weighted by atomic mass is 9.96. The lowest BCUT2D eigenvalue weighted by Crippen LogP contribution is -2.55. The zero-order valence-corrected chi connectivity index (χ0v) is 21.2. The van der Waals surface area contributed by atoms with Gasteiger partial charge < -0.3 is 14.7 Å². The van der Waals surface area contributed by atoms with E-state index >= 15 is 0 Å². The first-order chi connectivity index (χ1) is 17.7. The first-order valence-corrected chi connectivity index (χ1v) is 12.6. The van der Waals surface area contributed by atoms with Crippen molar-refractivity contribution in [1.82, 2.24) is 4.90 Å². The minimum atomic E-state index is -4.47. The zero-order valence-electron chi connectivity index (χ0n) is 21.2. The third-order valence-electron chi connectivity index (χ3n) is 7.23. The summed E-state index contributed by atoms with van der Waals surface area (Å²) in [5.41, 5.74) is 3.71. The highest BCUT2D eigenvalue weighted by Gasteiger charge is 2.38. The number of anilines is 2. The highest BCUT2D eigenvalue weighted by Crippen LogP contribution is 2.44. The number of nitrogens with zero attached hydrogens (tertiary/aromatic N) is 4. The summed E-state index contributed by atoms with van der Waals surface area (Å²) in [6.07, 6.45) is -3.89. The Balaban J connectivity index is 1.57. The Bertz CT molecular complexity index is 1330. The van der Waals surface area contributed by atoms with Crippen molar-refractivity contribution in [2.75, 3.05) is 36.0 Å². The van der Waals surface area contributed by atoms with E-state index in [0.29, 0.717) is 42.3 Å². The van der Waals surface area contributed by atoms with E-state index in [4.69, 9.17) is 4.99 Å². The number of halogens is 4. The van der Waals surface area contributed by atoms with E-state index in [1.807, 2.05) is 24.0 Å². The Kier molecular flexibility index (Phi) is 6.60. The topological polar surface area (TPSA) is 22.1 Å². The third-order valence-corrected chi connectivity index (χ3v) is 7.23. The quantitative estimate of drug-likeness (QED) is 0.347. The molecule has 0 radical (unpaired) electrons. The van der Waals surface area contributed by atoms with E-state index in [1.54, 1.807) is 13.0 Å². The van der Waals surface area contributed by atoms with Crippen LogP contribution in [0.25, 0.3) is 0 Å². The van der Waals surface area contributed by atoms with Gasteiger partial charge in [0.2, 0.25) is 5.96 Å². The van der Waals surface area contributed by atoms with E-state index < -0.39 is 17.6 Å². The number of alkyl halides is 3. The Morgan fingerprint density at radius 1 is 0.892 bits per heavy atom. The van der Waals surface area contributed by atoms with Crippen LogP contribution in [0.1, 0.15) is 41.6 Å². The Morgan fingerprint density at radius 2 is 1.59 bits per heavy atom. The van der Waals surface area contributed by atoms with Crippen molar-refractivity contribution < 1.29 is 17.6 Å². The summed E-state index contributed by atoms with van der Waals surface area (Å²) in [6.45, 7) is 8.49. The number of guanidine groups is 1. The molecule has 0 N–H and O–H groups in total. The predicted octanol–water partition coefficient (Wildman–Crippen LogP) is 7.24. The second-order valence-corrected chi connectivity index (χ2v) is 9.70. The smallest absolute Gasteiger partial charge is 0.368 e. The zero-order chi connectivity index (χ0) is 26.3. The third kappa shape index (κ3) is 4.77. The Labute approximate surface area is 214 Å². The molecule has 1 atom stereocenters. The van der Waals surface area contributed by atoms with Crippen LogP contribution in [0.15, 0.2) is 65.7 Å². The number of rotatable bonds is 3. The summed E-state index contributed by atoms with van der Waals surface area (Å²) in [5.74, 6) is 0.0722. The number of aryl methyl sites for hydroxylation is 2. The Hall–Kier alpha value is -3.55. The molecule has 3 aromatic rings. The molecule has 1 saturated heterocycles. The van der Waals surface area contributed by atoms with Crippen LogP contribution >= 0.6 is 0 Å². The second kappa shape index (κ2) is 9.72. The SMILES string of the molecule is CC[C@H]1c2cccc(F)c2N=C(N2CCN(c3cccc(C)c3)CC2)N1c1cc(C(F)(F)F)ccc1C. The summed E-state index contributed by atoms with van der Waals surface area (Å²) in [4.78, 5) is 11.0. The minimum absolute atomic E-state index is 0.270. The maximum Gasteiger partial charge on any atom is 0.416 e. The molecule has 2 aliphatic heterocycles. The number of hydrogen-bond acceptors (Lipinski definition) is 4. The van der Waals surface area contributed by atoms with Gasteiger partial charge in [-0.2, -0.15) is 13.2 Å². The first kappa shape index (κ1) is 25.1. The molecule has 194 valence electrons. The van der Waals surface area contributed by atoms with E-state index in [0.717, 1.165) is 24.8 Å². The molecule has 3 aromatic carbocycles. The van der Waals surface area contributed by atoms with Crippen LogP contribution in [-0.2, 0) is 6.18 Å². The fraction of sp³-hybridized carbons (Fsp3) is 0.345. The van der Waals surface area contributed by atoms with Gasteiger partial charge in [-0.25, -0.2) is 9.38 Å². The molecule has 4 nitrogen and oxygen atoms in total. The van der Waals surface area contributed by atoms with Gasteiger partial charge in [-0.05, 0) is 61.7 Å². The normalized spacial score (nSPS) is 18.1. The molecule has 2 heterocycles. The average molecular weight is 511 g/mol. The minimum Gasteiger partial charge on any atom is -0.368 e. The van der Waals surface area contributed by atoms with E-state index in [1.165, 1.54) is 23.8 Å². The molecule has 0 aliphatic carbocycles. The number of fused-ring (bicyclic) bond motifs is 1. The highest BCUT2D eigenvalue weighted by molar-refractivity contribution is 6.01. The van der Waals surface area contributed by atoms with Gasteiger partial charge in [0.1, 0.15) is 11.5 Å². The first-order valence-electron chi connectivity index (χ1n) is 12.6. The van der Waals surface area contributed by atoms with Crippen molar-refractivity contribution in [3.8, 4) is 0 Å². The summed E-state index contributed by atoms with van der Waals surface area (Å²) >= 11 is 0. The van der Waals surface area contributed by atoms with Gasteiger partial charge in [0.05, 0.1) is 11.6 Å². The van der Waals surface area contributed by atoms with Crippen LogP contribution in [0.2, 0.25) is 0 Å². The second-order valence-electron chi connectivity index (χ2n) is 9.70. The van der Waals surface area contributed by atoms with E-state index in [-0.39, 0.29) is 11.7 Å². The lowest BCUT2D eigenvalue weighted by Gasteiger charge is -2.45. The molecule has 0 aromatic heterocycles. The Morgan fingerprint density at radius 3 is 2.27 bits per heavy atom. The van der Waals surface area contributed by atoms with Crippen LogP contribution in [0.4, 0.5) is 34.6 Å². The summed E-state index contributed by atoms with van der Waals surface area (Å²) < 4.78 is 56.1. The number of para-hydroxylation sites is 1. The molecule has 0 saturated carbocycles. The molecule has 37 heavy (non-hydrogen) atoms. The van der Waals surface area contributed by atoms with Gasteiger partial charge in [-0.3, -0.25) is 0 Å². The van der Waals surface area contributed by atoms with Gasteiger partial charge in [0, 0.05) is 43.1 Å². The van der Waals surface area contributed by atoms with Gasteiger partial charge in [0.25, 0.3) is 0 Å². The monoisotopic (exact) mass is 510 g/mol. The maximum absolute atomic E-state index is 15.0. The largest absolute Gasteiger partial charge is 0.416 e. The fourth-order valence-electron chi connectivity index (χ4n) is 5.29. The number of benzene rings is 3. The van der Waals surface area contributed by atoms with Crippen molar-refractivity contribution in [1.29, 1.82) is 0 Å². The summed E-state index contributed by atoms with van der Waals surface area (Å²) in [5, 5.41) is 0. The average Bonchev–Trinajstić information content (AvgIpc) is 2.88. The number of aliphatic imine (C=N–C) groups is 1. The fourth-order valence-corrected chi connectivity index (χ4v) is 5.29. The molecule has 0 bridgehead atoms. The van der Waals surface area contributed by atoms with Crippen LogP contribution in [0.3, 0.4) is 0 Å². The van der Waals surface area contributed by atoms with Crippen LogP contribution in [0.5, 0.6) is 0 Å². The molecule has 1 fully saturated rings. The molecular formula is C29H30F4N4. The highest BCUT2D eigenvalue weighted by atomic mass is 19.4. The summed E-state index contributed by atoms with van der Waals surface area (Å²) in [6, 6.07) is 16.6. The van der Waals surface area contributed by atoms with Crippen molar-refractivity contribution in [2.45, 2.75) is 39.4 Å². The van der Waals surface area contributed by atoms with Crippen molar-refractivity contribution in [2.24, 2.45) is 4.99 Å². The van der Waals surface area contributed by atoms with Gasteiger partial charge >= 0.3 is 6.18 Å². The molecular weight excluding hydrogens is 480 g/mol. The number of piperazine rings is 1. The molecule has 8 heteroatoms. The van der Waals surface area contributed by atoms with Crippen molar-refractivity contribution in [3.05, 3.63) is 88.7 Å². The van der Waals surface area contributed by atoms with Crippen molar-refractivity contribution >= 4 is 23.0 Å². The van der Waals surface area contributed by atoms with Crippen LogP contribution in [-0.4, -0.2) is 37.0 Å². The van der Waals surface area contributed by atoms with Gasteiger partial charge in [0.15, 0.2) is 0 Å². The van der Waals surface area contributed by atoms with Gasteiger partial charge in [-0.15, -0.1) is 0 Å². The maximum atomic E-state index is 15.0. The molecule has 0 amide bonds. The van der Waals surface area contributed by atoms with E-state index in [2.05, 4.69) is 34.9 Å². The molecule has 0 spiro atoms. The summed E-state index contributed by atoms with van der Waals surface area (Å²) in [7, 11) is 0. The predicted molar refractivity (Wildman–Crippen MR) is 140 cm³/mol. The standard InChI is InChI=1S/C29H30F4N4/c1-4-25-23-9-6-10-24(30)27(23)34-28(37(25)26-18-21(29(31,32)33)12-11-20(26)3)36-15-13-35(14-16-36)22-8-5-7-19(2)17-22/h5-12,17-18,25H,4,13-16H2,1-3H3/t25-/m0/s1. The molecule has 0 unspecified atom stereocenters. The van der Waals surface area contributed by atoms with E-state index in [9.17, 15) is 17.6 Å².